The fraction of sp³-hybridized carbons (Fsp3) is 0.500. The molecular formula is C22H28N2O2S. The van der Waals surface area contributed by atoms with E-state index in [1.165, 1.54) is 5.56 Å². The lowest BCUT2D eigenvalue weighted by Crippen LogP contribution is -2.53. The zero-order valence-corrected chi connectivity index (χ0v) is 16.8. The van der Waals surface area contributed by atoms with Gasteiger partial charge in [0.15, 0.2) is 0 Å². The van der Waals surface area contributed by atoms with Gasteiger partial charge in [0, 0.05) is 38.8 Å². The van der Waals surface area contributed by atoms with Crippen LogP contribution >= 0.6 is 11.3 Å². The van der Waals surface area contributed by atoms with Gasteiger partial charge in [0.05, 0.1) is 12.5 Å². The first-order valence-electron chi connectivity index (χ1n) is 9.81. The molecule has 5 heteroatoms. The largest absolute Gasteiger partial charge is 0.383 e. The molecule has 1 unspecified atom stereocenters. The minimum absolute atomic E-state index is 0.00789. The Hall–Kier alpha value is -1.69. The van der Waals surface area contributed by atoms with Gasteiger partial charge in [-0.3, -0.25) is 9.69 Å². The van der Waals surface area contributed by atoms with Crippen molar-refractivity contribution in [2.45, 2.75) is 37.3 Å². The third-order valence-corrected chi connectivity index (χ3v) is 6.95. The highest BCUT2D eigenvalue weighted by molar-refractivity contribution is 7.07. The van der Waals surface area contributed by atoms with Crippen molar-refractivity contribution in [3.05, 3.63) is 58.3 Å². The predicted octanol–water partition coefficient (Wildman–Crippen LogP) is 3.75. The standard InChI is InChI=1S/C22H28N2O2S/c1-26-13-12-24-21(25)20(19-5-3-2-4-6-19)15-22(24)8-10-23(11-9-22)16-18-7-14-27-17-18/h2-7,14,17,20H,8-13,15-16H2,1H3. The van der Waals surface area contributed by atoms with Crippen LogP contribution in [0.5, 0.6) is 0 Å². The Morgan fingerprint density at radius 3 is 2.63 bits per heavy atom. The van der Waals surface area contributed by atoms with Gasteiger partial charge in [-0.1, -0.05) is 30.3 Å². The van der Waals surface area contributed by atoms with Crippen LogP contribution in [0.1, 0.15) is 36.3 Å². The molecule has 2 aliphatic rings. The lowest BCUT2D eigenvalue weighted by atomic mass is 9.81. The Bertz CT molecular complexity index is 739. The number of carbonyl (C=O) groups excluding carboxylic acids is 1. The van der Waals surface area contributed by atoms with Gasteiger partial charge in [0.2, 0.25) is 5.91 Å². The summed E-state index contributed by atoms with van der Waals surface area (Å²) in [4.78, 5) is 18.0. The van der Waals surface area contributed by atoms with Crippen LogP contribution < -0.4 is 0 Å². The number of ether oxygens (including phenoxy) is 1. The summed E-state index contributed by atoms with van der Waals surface area (Å²) in [5.74, 6) is 0.274. The van der Waals surface area contributed by atoms with Gasteiger partial charge in [-0.2, -0.15) is 11.3 Å². The van der Waals surface area contributed by atoms with E-state index in [2.05, 4.69) is 38.8 Å². The molecule has 0 bridgehead atoms. The number of thiophene rings is 1. The van der Waals surface area contributed by atoms with Crippen LogP contribution in [0.2, 0.25) is 0 Å². The van der Waals surface area contributed by atoms with Crippen molar-refractivity contribution >= 4 is 17.2 Å². The summed E-state index contributed by atoms with van der Waals surface area (Å²) in [6, 6.07) is 12.5. The van der Waals surface area contributed by atoms with Crippen molar-refractivity contribution in [2.24, 2.45) is 0 Å². The fourth-order valence-corrected chi connectivity index (χ4v) is 5.38. The third kappa shape index (κ3) is 3.82. The van der Waals surface area contributed by atoms with Crippen LogP contribution in [0.4, 0.5) is 0 Å². The molecule has 27 heavy (non-hydrogen) atoms. The van der Waals surface area contributed by atoms with E-state index in [9.17, 15) is 4.79 Å². The summed E-state index contributed by atoms with van der Waals surface area (Å²) in [7, 11) is 1.71. The highest BCUT2D eigenvalue weighted by atomic mass is 32.1. The fourth-order valence-electron chi connectivity index (χ4n) is 4.72. The average Bonchev–Trinajstić information content (AvgIpc) is 3.30. The second-order valence-electron chi connectivity index (χ2n) is 7.78. The highest BCUT2D eigenvalue weighted by Gasteiger charge is 2.51. The van der Waals surface area contributed by atoms with Gasteiger partial charge in [-0.25, -0.2) is 0 Å². The number of piperidine rings is 1. The van der Waals surface area contributed by atoms with Gasteiger partial charge < -0.3 is 9.64 Å². The van der Waals surface area contributed by atoms with E-state index in [-0.39, 0.29) is 17.4 Å². The van der Waals surface area contributed by atoms with E-state index in [4.69, 9.17) is 4.74 Å². The molecule has 4 rings (SSSR count). The van der Waals surface area contributed by atoms with Gasteiger partial charge >= 0.3 is 0 Å². The number of carbonyl (C=O) groups is 1. The Morgan fingerprint density at radius 2 is 1.96 bits per heavy atom. The Labute approximate surface area is 165 Å². The number of methoxy groups -OCH3 is 1. The van der Waals surface area contributed by atoms with Crippen molar-refractivity contribution in [1.82, 2.24) is 9.80 Å². The molecule has 1 amide bonds. The summed E-state index contributed by atoms with van der Waals surface area (Å²) < 4.78 is 5.32. The van der Waals surface area contributed by atoms with E-state index in [0.717, 1.165) is 44.5 Å². The maximum absolute atomic E-state index is 13.3. The zero-order chi connectivity index (χ0) is 18.7. The Kier molecular flexibility index (Phi) is 5.62. The van der Waals surface area contributed by atoms with Gasteiger partial charge in [-0.15, -0.1) is 0 Å². The van der Waals surface area contributed by atoms with E-state index < -0.39 is 0 Å². The summed E-state index contributed by atoms with van der Waals surface area (Å²) in [6.45, 7) is 4.42. The first-order chi connectivity index (χ1) is 13.2. The summed E-state index contributed by atoms with van der Waals surface area (Å²) >= 11 is 1.76. The summed E-state index contributed by atoms with van der Waals surface area (Å²) in [5.41, 5.74) is 2.54. The van der Waals surface area contributed by atoms with Crippen molar-refractivity contribution in [3.8, 4) is 0 Å². The molecule has 4 nitrogen and oxygen atoms in total. The average molecular weight is 385 g/mol. The number of hydrogen-bond acceptors (Lipinski definition) is 4. The molecule has 2 saturated heterocycles. The first-order valence-corrected chi connectivity index (χ1v) is 10.7. The number of hydrogen-bond donors (Lipinski definition) is 0. The second-order valence-corrected chi connectivity index (χ2v) is 8.56. The molecule has 1 atom stereocenters. The maximum atomic E-state index is 13.3. The number of likely N-dealkylation sites (tertiary alicyclic amines) is 2. The van der Waals surface area contributed by atoms with Crippen LogP contribution in [0, 0.1) is 0 Å². The molecule has 144 valence electrons. The first kappa shape index (κ1) is 18.7. The molecule has 0 aliphatic carbocycles. The molecule has 2 fully saturated rings. The lowest BCUT2D eigenvalue weighted by Gasteiger charge is -2.45. The normalized spacial score (nSPS) is 22.6. The zero-order valence-electron chi connectivity index (χ0n) is 16.0. The molecule has 2 aliphatic heterocycles. The third-order valence-electron chi connectivity index (χ3n) is 6.21. The molecule has 3 heterocycles. The predicted molar refractivity (Wildman–Crippen MR) is 109 cm³/mol. The van der Waals surface area contributed by atoms with Crippen LogP contribution in [-0.2, 0) is 16.1 Å². The Balaban J connectivity index is 1.50. The van der Waals surface area contributed by atoms with Crippen LogP contribution in [0.15, 0.2) is 47.2 Å². The van der Waals surface area contributed by atoms with Gasteiger partial charge in [0.25, 0.3) is 0 Å². The number of nitrogens with zero attached hydrogens (tertiary/aromatic N) is 2. The molecule has 0 radical (unpaired) electrons. The van der Waals surface area contributed by atoms with Crippen LogP contribution in [-0.4, -0.2) is 54.6 Å². The quantitative estimate of drug-likeness (QED) is 0.760. The molecule has 0 saturated carbocycles. The number of amides is 1. The monoisotopic (exact) mass is 384 g/mol. The van der Waals surface area contributed by atoms with E-state index >= 15 is 0 Å². The van der Waals surface area contributed by atoms with Gasteiger partial charge in [-0.05, 0) is 47.2 Å². The van der Waals surface area contributed by atoms with Gasteiger partial charge in [0.1, 0.15) is 0 Å². The maximum Gasteiger partial charge on any atom is 0.230 e. The number of rotatable bonds is 6. The molecule has 0 N–H and O–H groups in total. The SMILES string of the molecule is COCCN1C(=O)C(c2ccccc2)CC12CCN(Cc1ccsc1)CC2. The van der Waals surface area contributed by atoms with E-state index in [0.29, 0.717) is 13.2 Å². The molecule has 1 aromatic heterocycles. The number of benzene rings is 1. The van der Waals surface area contributed by atoms with E-state index in [1.54, 1.807) is 18.4 Å². The molecule has 1 aromatic carbocycles. The summed E-state index contributed by atoms with van der Waals surface area (Å²) in [5, 5.41) is 4.38. The van der Waals surface area contributed by atoms with Crippen molar-refractivity contribution < 1.29 is 9.53 Å². The van der Waals surface area contributed by atoms with Crippen molar-refractivity contribution in [2.75, 3.05) is 33.4 Å². The van der Waals surface area contributed by atoms with Crippen LogP contribution in [0.25, 0.3) is 0 Å². The smallest absolute Gasteiger partial charge is 0.230 e. The molecule has 2 aromatic rings. The molecular weight excluding hydrogens is 356 g/mol. The second kappa shape index (κ2) is 8.13. The van der Waals surface area contributed by atoms with E-state index in [1.807, 2.05) is 18.2 Å². The minimum Gasteiger partial charge on any atom is -0.383 e. The highest BCUT2D eigenvalue weighted by Crippen LogP contribution is 2.45. The lowest BCUT2D eigenvalue weighted by molar-refractivity contribution is -0.134. The van der Waals surface area contributed by atoms with Crippen LogP contribution in [0.3, 0.4) is 0 Å². The van der Waals surface area contributed by atoms with Crippen molar-refractivity contribution in [1.29, 1.82) is 0 Å². The summed E-state index contributed by atoms with van der Waals surface area (Å²) in [6.07, 6.45) is 3.04. The minimum atomic E-state index is -0.0126. The topological polar surface area (TPSA) is 32.8 Å². The van der Waals surface area contributed by atoms with Crippen molar-refractivity contribution in [3.63, 3.8) is 0 Å². The Morgan fingerprint density at radius 1 is 1.19 bits per heavy atom. The molecule has 1 spiro atoms.